The summed E-state index contributed by atoms with van der Waals surface area (Å²) in [5.74, 6) is 0.407. The van der Waals surface area contributed by atoms with Crippen molar-refractivity contribution >= 4 is 6.21 Å². The van der Waals surface area contributed by atoms with Crippen LogP contribution >= 0.6 is 0 Å². The van der Waals surface area contributed by atoms with Crippen LogP contribution in [-0.4, -0.2) is 11.0 Å². The van der Waals surface area contributed by atoms with E-state index in [1.807, 2.05) is 13.8 Å². The average Bonchev–Trinajstić information content (AvgIpc) is 1.68. The maximum Gasteiger partial charge on any atom is 0.260 e. The van der Waals surface area contributed by atoms with Gasteiger partial charge in [-0.3, -0.25) is 0 Å². The zero-order valence-corrected chi connectivity index (χ0v) is 4.76. The predicted molar refractivity (Wildman–Crippen MR) is 29.1 cm³/mol. The summed E-state index contributed by atoms with van der Waals surface area (Å²) in [7, 11) is 0. The maximum atomic E-state index is 7.94. The highest BCUT2D eigenvalue weighted by Gasteiger charge is 1.94. The molecule has 0 saturated carbocycles. The minimum Gasteiger partial charge on any atom is -0.362 e. The fraction of sp³-hybridized carbons (Fsp3) is 0.800. The average molecular weight is 98.1 g/mol. The van der Waals surface area contributed by atoms with E-state index < -0.39 is 0 Å². The summed E-state index contributed by atoms with van der Waals surface area (Å²) in [6.45, 7) is 4.05. The molecule has 1 atom stereocenters. The van der Waals surface area contributed by atoms with E-state index in [0.29, 0.717) is 5.92 Å². The second-order valence-corrected chi connectivity index (χ2v) is 1.65. The van der Waals surface area contributed by atoms with Crippen molar-refractivity contribution in [2.24, 2.45) is 5.92 Å². The van der Waals surface area contributed by atoms with Gasteiger partial charge < -0.3 is 5.53 Å². The van der Waals surface area contributed by atoms with Gasteiger partial charge in [-0.25, -0.2) is 0 Å². The van der Waals surface area contributed by atoms with E-state index in [1.165, 1.54) is 6.21 Å². The SMILES string of the molecule is CCC(C)C=[N+]=[N-]. The highest BCUT2D eigenvalue weighted by Crippen LogP contribution is 1.92. The number of hydrogen-bond acceptors (Lipinski definition) is 0. The first-order valence-electron chi connectivity index (χ1n) is 2.48. The predicted octanol–water partition coefficient (Wildman–Crippen LogP) is 1.33. The van der Waals surface area contributed by atoms with E-state index in [0.717, 1.165) is 6.42 Å². The molecule has 2 nitrogen and oxygen atoms in total. The number of rotatable bonds is 2. The Morgan fingerprint density at radius 3 is 2.57 bits per heavy atom. The van der Waals surface area contributed by atoms with Crippen LogP contribution in [-0.2, 0) is 0 Å². The van der Waals surface area contributed by atoms with Crippen LogP contribution in [0.4, 0.5) is 0 Å². The highest BCUT2D eigenvalue weighted by atomic mass is 14.8. The van der Waals surface area contributed by atoms with Crippen molar-refractivity contribution in [3.8, 4) is 0 Å². The molecule has 0 aliphatic heterocycles. The molecule has 1 unspecified atom stereocenters. The summed E-state index contributed by atoms with van der Waals surface area (Å²) in [4.78, 5) is 2.88. The molecule has 0 aromatic carbocycles. The van der Waals surface area contributed by atoms with E-state index in [4.69, 9.17) is 5.53 Å². The molecule has 0 bridgehead atoms. The molecule has 0 heterocycles. The summed E-state index contributed by atoms with van der Waals surface area (Å²) in [6, 6.07) is 0. The van der Waals surface area contributed by atoms with Gasteiger partial charge in [0, 0.05) is 0 Å². The zero-order chi connectivity index (χ0) is 5.70. The van der Waals surface area contributed by atoms with Crippen LogP contribution in [0.15, 0.2) is 0 Å². The zero-order valence-electron chi connectivity index (χ0n) is 4.76. The summed E-state index contributed by atoms with van der Waals surface area (Å²) < 4.78 is 0. The van der Waals surface area contributed by atoms with Gasteiger partial charge in [0.05, 0.1) is 5.92 Å². The topological polar surface area (TPSA) is 36.4 Å². The third-order valence-corrected chi connectivity index (χ3v) is 0.965. The van der Waals surface area contributed by atoms with Gasteiger partial charge in [0.1, 0.15) is 0 Å². The van der Waals surface area contributed by atoms with Crippen molar-refractivity contribution in [2.75, 3.05) is 0 Å². The molecule has 0 spiro atoms. The molecule has 0 aromatic heterocycles. The normalized spacial score (nSPS) is 12.3. The van der Waals surface area contributed by atoms with Crippen LogP contribution in [0.2, 0.25) is 0 Å². The van der Waals surface area contributed by atoms with Gasteiger partial charge in [0.25, 0.3) is 6.21 Å². The van der Waals surface area contributed by atoms with E-state index in [9.17, 15) is 0 Å². The van der Waals surface area contributed by atoms with Crippen LogP contribution in [0.1, 0.15) is 20.3 Å². The van der Waals surface area contributed by atoms with Crippen molar-refractivity contribution in [2.45, 2.75) is 20.3 Å². The molecule has 2 heteroatoms. The third-order valence-electron chi connectivity index (χ3n) is 0.965. The molecule has 40 valence electrons. The Kier molecular flexibility index (Phi) is 3.25. The Labute approximate surface area is 43.8 Å². The second-order valence-electron chi connectivity index (χ2n) is 1.65. The van der Waals surface area contributed by atoms with Crippen molar-refractivity contribution < 1.29 is 4.79 Å². The lowest BCUT2D eigenvalue weighted by Gasteiger charge is -1.86. The van der Waals surface area contributed by atoms with Crippen LogP contribution in [0, 0.1) is 5.92 Å². The summed E-state index contributed by atoms with van der Waals surface area (Å²) >= 11 is 0. The first-order valence-corrected chi connectivity index (χ1v) is 2.48. The summed E-state index contributed by atoms with van der Waals surface area (Å²) in [5.41, 5.74) is 7.94. The standard InChI is InChI=1S/C5H10N2/c1-3-5(2)4-7-6/h4-5H,3H2,1-2H3. The fourth-order valence-corrected chi connectivity index (χ4v) is 0.219. The Balaban J connectivity index is 3.35. The fourth-order valence-electron chi connectivity index (χ4n) is 0.219. The van der Waals surface area contributed by atoms with Crippen LogP contribution < -0.4 is 0 Å². The molecule has 0 fully saturated rings. The van der Waals surface area contributed by atoms with Gasteiger partial charge in [-0.15, -0.1) is 0 Å². The second kappa shape index (κ2) is 3.57. The molecule has 7 heavy (non-hydrogen) atoms. The van der Waals surface area contributed by atoms with Gasteiger partial charge >= 0.3 is 0 Å². The first-order chi connectivity index (χ1) is 3.31. The van der Waals surface area contributed by atoms with Crippen LogP contribution in [0.3, 0.4) is 0 Å². The van der Waals surface area contributed by atoms with Crippen LogP contribution in [0.25, 0.3) is 5.53 Å². The Hall–Kier alpha value is -0.620. The molecular formula is C5H10N2. The van der Waals surface area contributed by atoms with E-state index >= 15 is 0 Å². The third kappa shape index (κ3) is 3.20. The molecule has 0 amide bonds. The smallest absolute Gasteiger partial charge is 0.260 e. The lowest BCUT2D eigenvalue weighted by molar-refractivity contribution is -0.00262. The Bertz CT molecular complexity index is 82.1. The Morgan fingerprint density at radius 2 is 2.43 bits per heavy atom. The van der Waals surface area contributed by atoms with Crippen molar-refractivity contribution in [1.82, 2.24) is 0 Å². The molecule has 0 aliphatic carbocycles. The van der Waals surface area contributed by atoms with Crippen LogP contribution in [0.5, 0.6) is 0 Å². The van der Waals surface area contributed by atoms with E-state index in [2.05, 4.69) is 4.79 Å². The number of hydrogen-bond donors (Lipinski definition) is 0. The largest absolute Gasteiger partial charge is 0.362 e. The molecular weight excluding hydrogens is 88.1 g/mol. The lowest BCUT2D eigenvalue weighted by Crippen LogP contribution is -1.91. The first kappa shape index (κ1) is 6.38. The minimum atomic E-state index is 0.407. The van der Waals surface area contributed by atoms with Gasteiger partial charge in [0.15, 0.2) is 0 Å². The Morgan fingerprint density at radius 1 is 1.86 bits per heavy atom. The van der Waals surface area contributed by atoms with Gasteiger partial charge in [-0.1, -0.05) is 13.8 Å². The highest BCUT2D eigenvalue weighted by molar-refractivity contribution is 5.53. The van der Waals surface area contributed by atoms with E-state index in [1.54, 1.807) is 0 Å². The van der Waals surface area contributed by atoms with Crippen molar-refractivity contribution in [1.29, 1.82) is 0 Å². The monoisotopic (exact) mass is 98.1 g/mol. The van der Waals surface area contributed by atoms with Crippen molar-refractivity contribution in [3.05, 3.63) is 5.53 Å². The summed E-state index contributed by atoms with van der Waals surface area (Å²) in [5, 5.41) is 0. The lowest BCUT2D eigenvalue weighted by atomic mass is 10.1. The summed E-state index contributed by atoms with van der Waals surface area (Å²) in [6.07, 6.45) is 2.56. The maximum absolute atomic E-state index is 7.94. The van der Waals surface area contributed by atoms with E-state index in [-0.39, 0.29) is 0 Å². The van der Waals surface area contributed by atoms with Crippen molar-refractivity contribution in [3.63, 3.8) is 0 Å². The van der Waals surface area contributed by atoms with Gasteiger partial charge in [-0.2, -0.15) is 4.79 Å². The van der Waals surface area contributed by atoms with Gasteiger partial charge in [-0.05, 0) is 6.42 Å². The molecule has 0 saturated heterocycles. The molecule has 0 aromatic rings. The number of nitrogens with zero attached hydrogens (tertiary/aromatic N) is 2. The molecule has 0 N–H and O–H groups in total. The quantitative estimate of drug-likeness (QED) is 0.284. The van der Waals surface area contributed by atoms with Gasteiger partial charge in [0.2, 0.25) is 0 Å². The molecule has 0 radical (unpaired) electrons. The minimum absolute atomic E-state index is 0.407. The molecule has 0 rings (SSSR count). The molecule has 0 aliphatic rings.